The van der Waals surface area contributed by atoms with Gasteiger partial charge in [0.15, 0.2) is 0 Å². The van der Waals surface area contributed by atoms with Crippen LogP contribution in [0.15, 0.2) is 60.7 Å². The van der Waals surface area contributed by atoms with Crippen LogP contribution in [-0.2, 0) is 27.4 Å². The van der Waals surface area contributed by atoms with Gasteiger partial charge in [-0.2, -0.15) is 0 Å². The number of carboxylic acids is 1. The van der Waals surface area contributed by atoms with Crippen molar-refractivity contribution in [1.29, 1.82) is 0 Å². The number of carbonyl (C=O) groups excluding carboxylic acids is 2. The van der Waals surface area contributed by atoms with Crippen LogP contribution in [-0.4, -0.2) is 35.7 Å². The molecule has 0 bridgehead atoms. The van der Waals surface area contributed by atoms with Crippen LogP contribution in [0, 0.1) is 0 Å². The Hall–Kier alpha value is -3.35. The van der Waals surface area contributed by atoms with E-state index >= 15 is 0 Å². The van der Waals surface area contributed by atoms with E-state index in [1.54, 1.807) is 0 Å². The van der Waals surface area contributed by atoms with Gasteiger partial charge in [-0.3, -0.25) is 4.79 Å². The summed E-state index contributed by atoms with van der Waals surface area (Å²) in [6.07, 6.45) is 0.905. The van der Waals surface area contributed by atoms with E-state index in [9.17, 15) is 19.5 Å². The standard InChI is InChI=1S/C21H24N2O5/c24-19(14-22-21(27)28-15-17-10-5-2-6-11-17)23-18(20(25)26)13-7-12-16-8-3-1-4-9-16/h1-6,8-11,18H,7,12-15H2,(H,22,27)(H,23,24)(H,25,26)/t18-/m0/s1. The number of aliphatic carboxylic acids is 1. The smallest absolute Gasteiger partial charge is 0.407 e. The number of alkyl carbamates (subject to hydrolysis) is 1. The molecule has 1 atom stereocenters. The highest BCUT2D eigenvalue weighted by molar-refractivity contribution is 5.86. The molecule has 0 unspecified atom stereocenters. The van der Waals surface area contributed by atoms with Gasteiger partial charge in [-0.25, -0.2) is 9.59 Å². The van der Waals surface area contributed by atoms with Crippen molar-refractivity contribution in [2.24, 2.45) is 0 Å². The van der Waals surface area contributed by atoms with Crippen LogP contribution in [0.5, 0.6) is 0 Å². The van der Waals surface area contributed by atoms with Gasteiger partial charge < -0.3 is 20.5 Å². The van der Waals surface area contributed by atoms with Crippen molar-refractivity contribution in [3.8, 4) is 0 Å². The first-order valence-electron chi connectivity index (χ1n) is 9.05. The Kier molecular flexibility index (Phi) is 8.52. The molecule has 2 aromatic carbocycles. The van der Waals surface area contributed by atoms with Gasteiger partial charge >= 0.3 is 12.1 Å². The first kappa shape index (κ1) is 21.0. The molecule has 2 amide bonds. The van der Waals surface area contributed by atoms with Gasteiger partial charge in [-0.1, -0.05) is 60.7 Å². The maximum Gasteiger partial charge on any atom is 0.407 e. The fourth-order valence-electron chi connectivity index (χ4n) is 2.58. The van der Waals surface area contributed by atoms with Crippen molar-refractivity contribution in [2.45, 2.75) is 31.9 Å². The maximum absolute atomic E-state index is 11.9. The second-order valence-corrected chi connectivity index (χ2v) is 6.25. The number of benzene rings is 2. The molecule has 7 nitrogen and oxygen atoms in total. The van der Waals surface area contributed by atoms with Gasteiger partial charge in [0, 0.05) is 0 Å². The van der Waals surface area contributed by atoms with Gasteiger partial charge in [0.2, 0.25) is 5.91 Å². The van der Waals surface area contributed by atoms with E-state index in [0.29, 0.717) is 12.8 Å². The summed E-state index contributed by atoms with van der Waals surface area (Å²) in [5, 5.41) is 14.0. The van der Waals surface area contributed by atoms with Crippen molar-refractivity contribution in [3.05, 3.63) is 71.8 Å². The number of ether oxygens (including phenoxy) is 1. The topological polar surface area (TPSA) is 105 Å². The normalized spacial score (nSPS) is 11.3. The Bertz CT molecular complexity index is 765. The molecule has 3 N–H and O–H groups in total. The average molecular weight is 384 g/mol. The molecule has 148 valence electrons. The second kappa shape index (κ2) is 11.4. The monoisotopic (exact) mass is 384 g/mol. The van der Waals surface area contributed by atoms with Crippen LogP contribution < -0.4 is 10.6 Å². The zero-order chi connectivity index (χ0) is 20.2. The summed E-state index contributed by atoms with van der Waals surface area (Å²) in [5.41, 5.74) is 1.94. The molecule has 0 aliphatic heterocycles. The van der Waals surface area contributed by atoms with Crippen LogP contribution in [0.25, 0.3) is 0 Å². The van der Waals surface area contributed by atoms with Gasteiger partial charge in [-0.15, -0.1) is 0 Å². The highest BCUT2D eigenvalue weighted by atomic mass is 16.5. The molecular weight excluding hydrogens is 360 g/mol. The van der Waals surface area contributed by atoms with Gasteiger partial charge in [0.25, 0.3) is 0 Å². The first-order valence-corrected chi connectivity index (χ1v) is 9.05. The highest BCUT2D eigenvalue weighted by Crippen LogP contribution is 2.07. The van der Waals surface area contributed by atoms with Crippen LogP contribution in [0.4, 0.5) is 4.79 Å². The Morgan fingerprint density at radius 1 is 0.929 bits per heavy atom. The number of amides is 2. The lowest BCUT2D eigenvalue weighted by molar-refractivity contribution is -0.141. The number of hydrogen-bond acceptors (Lipinski definition) is 4. The molecule has 0 heterocycles. The summed E-state index contributed by atoms with van der Waals surface area (Å²) in [7, 11) is 0. The molecule has 28 heavy (non-hydrogen) atoms. The lowest BCUT2D eigenvalue weighted by Gasteiger charge is -2.15. The van der Waals surface area contributed by atoms with E-state index in [0.717, 1.165) is 17.5 Å². The first-order chi connectivity index (χ1) is 13.5. The summed E-state index contributed by atoms with van der Waals surface area (Å²) in [5.74, 6) is -1.68. The molecule has 0 radical (unpaired) electrons. The van der Waals surface area contributed by atoms with Gasteiger partial charge in [-0.05, 0) is 30.4 Å². The third-order valence-corrected chi connectivity index (χ3v) is 4.04. The van der Waals surface area contributed by atoms with E-state index in [-0.39, 0.29) is 13.2 Å². The fourth-order valence-corrected chi connectivity index (χ4v) is 2.58. The Morgan fingerprint density at radius 3 is 2.14 bits per heavy atom. The summed E-state index contributed by atoms with van der Waals surface area (Å²) in [6.45, 7) is -0.262. The van der Waals surface area contributed by atoms with Crippen molar-refractivity contribution in [3.63, 3.8) is 0 Å². The lowest BCUT2D eigenvalue weighted by Crippen LogP contribution is -2.45. The summed E-state index contributed by atoms with van der Waals surface area (Å²) >= 11 is 0. The van der Waals surface area contributed by atoms with Crippen LogP contribution in [0.3, 0.4) is 0 Å². The minimum Gasteiger partial charge on any atom is -0.480 e. The molecule has 0 saturated carbocycles. The van der Waals surface area contributed by atoms with Gasteiger partial charge in [0.05, 0.1) is 0 Å². The quantitative estimate of drug-likeness (QED) is 0.584. The largest absolute Gasteiger partial charge is 0.480 e. The maximum atomic E-state index is 11.9. The average Bonchev–Trinajstić information content (AvgIpc) is 2.71. The minimum atomic E-state index is -1.10. The van der Waals surface area contributed by atoms with Crippen molar-refractivity contribution in [1.82, 2.24) is 10.6 Å². The molecule has 0 aliphatic rings. The van der Waals surface area contributed by atoms with E-state index < -0.39 is 24.0 Å². The minimum absolute atomic E-state index is 0.0888. The second-order valence-electron chi connectivity index (χ2n) is 6.25. The van der Waals surface area contributed by atoms with E-state index in [4.69, 9.17) is 4.74 Å². The zero-order valence-electron chi connectivity index (χ0n) is 15.5. The van der Waals surface area contributed by atoms with E-state index in [1.807, 2.05) is 60.7 Å². The van der Waals surface area contributed by atoms with Gasteiger partial charge in [0.1, 0.15) is 19.2 Å². The Morgan fingerprint density at radius 2 is 1.54 bits per heavy atom. The molecule has 2 rings (SSSR count). The fraction of sp³-hybridized carbons (Fsp3) is 0.286. The number of nitrogens with one attached hydrogen (secondary N) is 2. The zero-order valence-corrected chi connectivity index (χ0v) is 15.5. The van der Waals surface area contributed by atoms with Crippen LogP contribution in [0.2, 0.25) is 0 Å². The summed E-state index contributed by atoms with van der Waals surface area (Å²) in [4.78, 5) is 34.9. The third-order valence-electron chi connectivity index (χ3n) is 4.04. The van der Waals surface area contributed by atoms with Crippen LogP contribution in [0.1, 0.15) is 24.0 Å². The number of hydrogen-bond donors (Lipinski definition) is 3. The third kappa shape index (κ3) is 7.90. The predicted octanol–water partition coefficient (Wildman–Crippen LogP) is 2.51. The molecule has 0 fully saturated rings. The summed E-state index contributed by atoms with van der Waals surface area (Å²) in [6, 6.07) is 17.8. The van der Waals surface area contributed by atoms with E-state index in [2.05, 4.69) is 10.6 Å². The van der Waals surface area contributed by atoms with Crippen LogP contribution >= 0.6 is 0 Å². The Labute approximate surface area is 163 Å². The molecule has 7 heteroatoms. The number of carboxylic acid groups (broad SMARTS) is 1. The molecule has 0 aliphatic carbocycles. The molecule has 0 aromatic heterocycles. The molecule has 0 spiro atoms. The van der Waals surface area contributed by atoms with Crippen molar-refractivity contribution < 1.29 is 24.2 Å². The number of rotatable bonds is 10. The van der Waals surface area contributed by atoms with Crippen molar-refractivity contribution in [2.75, 3.05) is 6.54 Å². The molecule has 2 aromatic rings. The van der Waals surface area contributed by atoms with Crippen molar-refractivity contribution >= 4 is 18.0 Å². The SMILES string of the molecule is O=C(CNC(=O)OCc1ccccc1)N[C@@H](CCCc1ccccc1)C(=O)O. The molecular formula is C21H24N2O5. The van der Waals surface area contributed by atoms with E-state index in [1.165, 1.54) is 0 Å². The number of aryl methyl sites for hydroxylation is 1. The summed E-state index contributed by atoms with van der Waals surface area (Å²) < 4.78 is 5.00. The number of carbonyl (C=O) groups is 3. The molecule has 0 saturated heterocycles. The Balaban J connectivity index is 1.68. The lowest BCUT2D eigenvalue weighted by atomic mass is 10.0. The predicted molar refractivity (Wildman–Crippen MR) is 104 cm³/mol. The highest BCUT2D eigenvalue weighted by Gasteiger charge is 2.19.